The van der Waals surface area contributed by atoms with Crippen LogP contribution in [0.1, 0.15) is 17.5 Å². The van der Waals surface area contributed by atoms with Gasteiger partial charge in [-0.25, -0.2) is 18.0 Å². The first-order valence-electron chi connectivity index (χ1n) is 11.1. The van der Waals surface area contributed by atoms with Gasteiger partial charge in [-0.05, 0) is 35.7 Å². The minimum atomic E-state index is -1.27. The normalized spacial score (nSPS) is 18.3. The Bertz CT molecular complexity index is 1090. The third-order valence-electron chi connectivity index (χ3n) is 6.30. The zero-order chi connectivity index (χ0) is 24.4. The molecule has 1 unspecified atom stereocenters. The van der Waals surface area contributed by atoms with Crippen molar-refractivity contribution >= 4 is 24.3 Å². The monoisotopic (exact) mass is 512 g/mol. The molecule has 0 aromatic heterocycles. The minimum Gasteiger partial charge on any atom is -0.497 e. The molecule has 0 aliphatic carbocycles. The summed E-state index contributed by atoms with van der Waals surface area (Å²) in [5, 5.41) is 0. The number of halogens is 4. The first kappa shape index (κ1) is 26.6. The summed E-state index contributed by atoms with van der Waals surface area (Å²) < 4.78 is 45.7. The fourth-order valence-corrected chi connectivity index (χ4v) is 4.56. The molecule has 2 aromatic carbocycles. The molecule has 0 radical (unpaired) electrons. The Balaban J connectivity index is 0.00000342. The number of rotatable bonds is 7. The quantitative estimate of drug-likeness (QED) is 0.579. The molecule has 2 aliphatic heterocycles. The van der Waals surface area contributed by atoms with E-state index in [0.29, 0.717) is 38.8 Å². The number of hydrogen-bond acceptors (Lipinski definition) is 4. The van der Waals surface area contributed by atoms with Gasteiger partial charge in [-0.15, -0.1) is 12.4 Å². The number of nitrogens with two attached hydrogens (primary N) is 1. The number of fused-ring (bicyclic) bond motifs is 1. The summed E-state index contributed by atoms with van der Waals surface area (Å²) in [5.74, 6) is -2.81. The molecule has 11 heteroatoms. The lowest BCUT2D eigenvalue weighted by atomic mass is 10.0. The van der Waals surface area contributed by atoms with Crippen LogP contribution in [-0.2, 0) is 17.8 Å². The summed E-state index contributed by atoms with van der Waals surface area (Å²) in [6, 6.07) is 7.84. The maximum atomic E-state index is 13.9. The van der Waals surface area contributed by atoms with Gasteiger partial charge >= 0.3 is 6.03 Å². The molecule has 7 nitrogen and oxygen atoms in total. The predicted molar refractivity (Wildman–Crippen MR) is 126 cm³/mol. The Morgan fingerprint density at radius 3 is 2.60 bits per heavy atom. The van der Waals surface area contributed by atoms with Crippen molar-refractivity contribution in [3.8, 4) is 5.75 Å². The lowest BCUT2D eigenvalue weighted by Gasteiger charge is -2.36. The molecule has 3 amide bonds. The topological polar surface area (TPSA) is 79.1 Å². The van der Waals surface area contributed by atoms with Gasteiger partial charge in [0.1, 0.15) is 11.6 Å². The molecule has 2 N–H and O–H groups in total. The maximum Gasteiger partial charge on any atom is 0.320 e. The third-order valence-corrected chi connectivity index (χ3v) is 6.30. The van der Waals surface area contributed by atoms with E-state index in [1.54, 1.807) is 21.8 Å². The van der Waals surface area contributed by atoms with E-state index in [9.17, 15) is 22.8 Å². The molecule has 2 fully saturated rings. The summed E-state index contributed by atoms with van der Waals surface area (Å²) in [4.78, 5) is 30.8. The van der Waals surface area contributed by atoms with Crippen molar-refractivity contribution < 1.29 is 27.5 Å². The average Bonchev–Trinajstić information content (AvgIpc) is 3.12. The Kier molecular flexibility index (Phi) is 8.50. The maximum absolute atomic E-state index is 13.9. The average molecular weight is 513 g/mol. The Hall–Kier alpha value is -2.98. The number of ether oxygens (including phenoxy) is 1. The van der Waals surface area contributed by atoms with Crippen molar-refractivity contribution in [1.82, 2.24) is 14.7 Å². The van der Waals surface area contributed by atoms with Crippen molar-refractivity contribution in [1.29, 1.82) is 0 Å². The van der Waals surface area contributed by atoms with E-state index in [0.717, 1.165) is 17.4 Å². The van der Waals surface area contributed by atoms with Crippen LogP contribution in [0.5, 0.6) is 5.75 Å². The molecule has 190 valence electrons. The van der Waals surface area contributed by atoms with Crippen molar-refractivity contribution in [2.24, 2.45) is 5.73 Å². The first-order chi connectivity index (χ1) is 16.2. The SMILES string of the molecule is COc1cccc(CN2CC3CN(C(=O)C[C@H](N)Cc4cc(F)c(F)cc4F)CCN3C2=O)c1.Cl. The van der Waals surface area contributed by atoms with Gasteiger partial charge in [0, 0.05) is 51.3 Å². The van der Waals surface area contributed by atoms with Crippen LogP contribution >= 0.6 is 12.4 Å². The molecule has 2 atom stereocenters. The molecule has 2 heterocycles. The predicted octanol–water partition coefficient (Wildman–Crippen LogP) is 2.94. The molecular formula is C24H28ClF3N4O3. The number of piperazine rings is 1. The van der Waals surface area contributed by atoms with Crippen LogP contribution in [0.2, 0.25) is 0 Å². The first-order valence-corrected chi connectivity index (χ1v) is 11.1. The Morgan fingerprint density at radius 2 is 1.86 bits per heavy atom. The number of hydrogen-bond donors (Lipinski definition) is 1. The number of benzene rings is 2. The van der Waals surface area contributed by atoms with E-state index >= 15 is 0 Å². The van der Waals surface area contributed by atoms with Crippen molar-refractivity contribution in [3.05, 3.63) is 65.0 Å². The van der Waals surface area contributed by atoms with E-state index in [4.69, 9.17) is 10.5 Å². The van der Waals surface area contributed by atoms with Crippen LogP contribution < -0.4 is 10.5 Å². The van der Waals surface area contributed by atoms with Crippen LogP contribution in [0.25, 0.3) is 0 Å². The van der Waals surface area contributed by atoms with Crippen LogP contribution in [0.4, 0.5) is 18.0 Å². The van der Waals surface area contributed by atoms with Crippen molar-refractivity contribution in [3.63, 3.8) is 0 Å². The molecular weight excluding hydrogens is 485 g/mol. The molecule has 0 bridgehead atoms. The van der Waals surface area contributed by atoms with Gasteiger partial charge in [-0.1, -0.05) is 12.1 Å². The fourth-order valence-electron chi connectivity index (χ4n) is 4.56. The zero-order valence-electron chi connectivity index (χ0n) is 19.3. The van der Waals surface area contributed by atoms with Gasteiger partial charge < -0.3 is 25.2 Å². The lowest BCUT2D eigenvalue weighted by molar-refractivity contribution is -0.133. The van der Waals surface area contributed by atoms with E-state index in [1.165, 1.54) is 0 Å². The second-order valence-corrected chi connectivity index (χ2v) is 8.73. The number of amides is 3. The molecule has 2 aliphatic rings. The fraction of sp³-hybridized carbons (Fsp3) is 0.417. The third kappa shape index (κ3) is 5.99. The van der Waals surface area contributed by atoms with Crippen LogP contribution in [0.3, 0.4) is 0 Å². The number of carbonyl (C=O) groups is 2. The number of methoxy groups -OCH3 is 1. The van der Waals surface area contributed by atoms with Gasteiger partial charge in [0.05, 0.1) is 13.2 Å². The summed E-state index contributed by atoms with van der Waals surface area (Å²) in [5.41, 5.74) is 6.90. The standard InChI is InChI=1S/C24H27F3N4O3.ClH/c1-34-19-4-2-3-15(7-19)12-30-14-18-13-29(5-6-31(18)24(30)33)23(32)10-17(28)8-16-9-21(26)22(27)11-20(16)25;/h2-4,7,9,11,17-18H,5-6,8,10,12-14,28H2,1H3;1H/t17-,18?;/m1./s1. The second kappa shape index (κ2) is 11.2. The van der Waals surface area contributed by atoms with E-state index in [1.807, 2.05) is 24.3 Å². The summed E-state index contributed by atoms with van der Waals surface area (Å²) in [6.45, 7) is 2.11. The highest BCUT2D eigenvalue weighted by atomic mass is 35.5. The number of urea groups is 1. The summed E-state index contributed by atoms with van der Waals surface area (Å²) in [7, 11) is 1.59. The summed E-state index contributed by atoms with van der Waals surface area (Å²) >= 11 is 0. The lowest BCUT2D eigenvalue weighted by Crippen LogP contribution is -2.54. The number of nitrogens with zero attached hydrogens (tertiary/aromatic N) is 3. The van der Waals surface area contributed by atoms with Crippen molar-refractivity contribution in [2.75, 3.05) is 33.3 Å². The van der Waals surface area contributed by atoms with Crippen molar-refractivity contribution in [2.45, 2.75) is 31.5 Å². The van der Waals surface area contributed by atoms with Gasteiger partial charge in [0.25, 0.3) is 0 Å². The van der Waals surface area contributed by atoms with Crippen LogP contribution in [0, 0.1) is 17.5 Å². The second-order valence-electron chi connectivity index (χ2n) is 8.73. The van der Waals surface area contributed by atoms with Crippen LogP contribution in [0.15, 0.2) is 36.4 Å². The number of carbonyl (C=O) groups excluding carboxylic acids is 2. The largest absolute Gasteiger partial charge is 0.497 e. The molecule has 0 spiro atoms. The highest BCUT2D eigenvalue weighted by Crippen LogP contribution is 2.24. The molecule has 0 saturated carbocycles. The van der Waals surface area contributed by atoms with Gasteiger partial charge in [-0.3, -0.25) is 4.79 Å². The minimum absolute atomic E-state index is 0. The Labute approximate surface area is 208 Å². The Morgan fingerprint density at radius 1 is 1.11 bits per heavy atom. The van der Waals surface area contributed by atoms with E-state index in [-0.39, 0.29) is 48.8 Å². The highest BCUT2D eigenvalue weighted by Gasteiger charge is 2.41. The van der Waals surface area contributed by atoms with Gasteiger partial charge in [-0.2, -0.15) is 0 Å². The molecule has 4 rings (SSSR count). The highest BCUT2D eigenvalue weighted by molar-refractivity contribution is 5.85. The summed E-state index contributed by atoms with van der Waals surface area (Å²) in [6.07, 6.45) is -0.155. The van der Waals surface area contributed by atoms with Gasteiger partial charge in [0.2, 0.25) is 5.91 Å². The molecule has 2 aromatic rings. The molecule has 2 saturated heterocycles. The zero-order valence-corrected chi connectivity index (χ0v) is 20.1. The molecule has 35 heavy (non-hydrogen) atoms. The van der Waals surface area contributed by atoms with Gasteiger partial charge in [0.15, 0.2) is 11.6 Å². The van der Waals surface area contributed by atoms with E-state index < -0.39 is 23.5 Å². The smallest absolute Gasteiger partial charge is 0.320 e. The van der Waals surface area contributed by atoms with Crippen LogP contribution in [-0.4, -0.2) is 72.0 Å². The van der Waals surface area contributed by atoms with E-state index in [2.05, 4.69) is 0 Å².